The standard InChI is InChI=1S/C20H18ClN5O2S/c1-10-7-13(11(2)25(10)16-9-14(21)5-6-17(16)28-4)8-15-18(22)26-20(23-19(15)27)29-12(3)24-26/h5-9,22H,1-4H3/b15-8+,22-18?. The van der Waals surface area contributed by atoms with Crippen LogP contribution in [-0.2, 0) is 4.79 Å². The summed E-state index contributed by atoms with van der Waals surface area (Å²) in [4.78, 5) is 16.6. The van der Waals surface area contributed by atoms with Crippen LogP contribution in [0.1, 0.15) is 23.9 Å². The number of hydrazone groups is 1. The lowest BCUT2D eigenvalue weighted by atomic mass is 10.1. The molecule has 1 amide bonds. The van der Waals surface area contributed by atoms with E-state index in [9.17, 15) is 4.79 Å². The Morgan fingerprint density at radius 2 is 2.00 bits per heavy atom. The summed E-state index contributed by atoms with van der Waals surface area (Å²) >= 11 is 7.49. The quantitative estimate of drug-likeness (QED) is 0.736. The fraction of sp³-hybridized carbons (Fsp3) is 0.200. The maximum atomic E-state index is 12.5. The van der Waals surface area contributed by atoms with Crippen LogP contribution < -0.4 is 4.74 Å². The van der Waals surface area contributed by atoms with Gasteiger partial charge in [0, 0.05) is 16.4 Å². The Kier molecular flexibility index (Phi) is 4.84. The molecule has 2 aliphatic rings. The van der Waals surface area contributed by atoms with E-state index in [0.29, 0.717) is 15.9 Å². The molecule has 1 aromatic heterocycles. The van der Waals surface area contributed by atoms with Crippen molar-refractivity contribution in [1.29, 1.82) is 5.41 Å². The molecule has 0 aliphatic carbocycles. The first-order valence-corrected chi connectivity index (χ1v) is 9.99. The van der Waals surface area contributed by atoms with Crippen LogP contribution in [0, 0.1) is 19.3 Å². The lowest BCUT2D eigenvalue weighted by Gasteiger charge is -2.20. The molecule has 29 heavy (non-hydrogen) atoms. The van der Waals surface area contributed by atoms with Crippen LogP contribution in [0.5, 0.6) is 5.75 Å². The van der Waals surface area contributed by atoms with Gasteiger partial charge in [-0.25, -0.2) is 0 Å². The van der Waals surface area contributed by atoms with Gasteiger partial charge in [-0.1, -0.05) is 11.6 Å². The Morgan fingerprint density at radius 1 is 1.24 bits per heavy atom. The van der Waals surface area contributed by atoms with Crippen LogP contribution >= 0.6 is 23.4 Å². The highest BCUT2D eigenvalue weighted by molar-refractivity contribution is 8.26. The fourth-order valence-corrected chi connectivity index (χ4v) is 4.29. The second-order valence-electron chi connectivity index (χ2n) is 6.62. The highest BCUT2D eigenvalue weighted by Gasteiger charge is 2.34. The zero-order valence-corrected chi connectivity index (χ0v) is 17.9. The van der Waals surface area contributed by atoms with Crippen molar-refractivity contribution in [3.8, 4) is 11.4 Å². The first-order valence-electron chi connectivity index (χ1n) is 8.80. The number of aliphatic imine (C=N–C) groups is 1. The highest BCUT2D eigenvalue weighted by Crippen LogP contribution is 2.32. The average Bonchev–Trinajstić information content (AvgIpc) is 3.17. The molecule has 2 aromatic rings. The van der Waals surface area contributed by atoms with Crippen molar-refractivity contribution in [3.05, 3.63) is 51.8 Å². The van der Waals surface area contributed by atoms with Gasteiger partial charge in [0.2, 0.25) is 5.17 Å². The molecular formula is C20H18ClN5O2S. The number of rotatable bonds is 3. The normalized spacial score (nSPS) is 17.6. The van der Waals surface area contributed by atoms with Crippen molar-refractivity contribution in [3.63, 3.8) is 0 Å². The number of thioether (sulfide) groups is 1. The number of aryl methyl sites for hydroxylation is 1. The summed E-state index contributed by atoms with van der Waals surface area (Å²) < 4.78 is 7.50. The maximum absolute atomic E-state index is 12.5. The molecule has 7 nitrogen and oxygen atoms in total. The number of nitrogens with one attached hydrogen (secondary N) is 1. The number of nitrogens with zero attached hydrogens (tertiary/aromatic N) is 4. The van der Waals surface area contributed by atoms with E-state index in [0.717, 1.165) is 27.7 Å². The minimum absolute atomic E-state index is 0.0227. The number of carbonyl (C=O) groups is 1. The van der Waals surface area contributed by atoms with Crippen LogP contribution in [0.15, 0.2) is 39.9 Å². The van der Waals surface area contributed by atoms with Gasteiger partial charge in [0.1, 0.15) is 5.75 Å². The Labute approximate surface area is 177 Å². The van der Waals surface area contributed by atoms with E-state index in [2.05, 4.69) is 10.1 Å². The molecule has 0 saturated carbocycles. The minimum Gasteiger partial charge on any atom is -0.495 e. The van der Waals surface area contributed by atoms with Gasteiger partial charge in [0.25, 0.3) is 5.91 Å². The molecule has 0 saturated heterocycles. The van der Waals surface area contributed by atoms with Gasteiger partial charge >= 0.3 is 0 Å². The highest BCUT2D eigenvalue weighted by atomic mass is 35.5. The Balaban J connectivity index is 1.81. The molecular weight excluding hydrogens is 410 g/mol. The predicted molar refractivity (Wildman–Crippen MR) is 117 cm³/mol. The van der Waals surface area contributed by atoms with E-state index in [-0.39, 0.29) is 11.4 Å². The van der Waals surface area contributed by atoms with Crippen molar-refractivity contribution in [2.45, 2.75) is 20.8 Å². The van der Waals surface area contributed by atoms with E-state index in [1.807, 2.05) is 43.5 Å². The molecule has 0 radical (unpaired) electrons. The number of fused-ring (bicyclic) bond motifs is 1. The molecule has 4 rings (SSSR count). The number of hydrogen-bond acceptors (Lipinski definition) is 5. The lowest BCUT2D eigenvalue weighted by molar-refractivity contribution is -0.114. The van der Waals surface area contributed by atoms with E-state index in [1.54, 1.807) is 19.3 Å². The Morgan fingerprint density at radius 3 is 2.72 bits per heavy atom. The number of methoxy groups -OCH3 is 1. The Bertz CT molecular complexity index is 1160. The summed E-state index contributed by atoms with van der Waals surface area (Å²) in [6.07, 6.45) is 1.69. The number of amides is 1. The number of carbonyl (C=O) groups excluding carboxylic acids is 1. The smallest absolute Gasteiger partial charge is 0.283 e. The molecule has 0 unspecified atom stereocenters. The van der Waals surface area contributed by atoms with Crippen LogP contribution in [0.2, 0.25) is 5.02 Å². The maximum Gasteiger partial charge on any atom is 0.283 e. The van der Waals surface area contributed by atoms with Gasteiger partial charge in [0.15, 0.2) is 5.84 Å². The fourth-order valence-electron chi connectivity index (χ4n) is 3.39. The monoisotopic (exact) mass is 427 g/mol. The Hall–Kier alpha value is -2.84. The summed E-state index contributed by atoms with van der Waals surface area (Å²) in [5.41, 5.74) is 3.65. The molecule has 148 valence electrons. The molecule has 2 aliphatic heterocycles. The molecule has 9 heteroatoms. The van der Waals surface area contributed by atoms with Crippen LogP contribution in [-0.4, -0.2) is 38.6 Å². The first kappa shape index (κ1) is 19.5. The van der Waals surface area contributed by atoms with E-state index >= 15 is 0 Å². The zero-order valence-electron chi connectivity index (χ0n) is 16.3. The lowest BCUT2D eigenvalue weighted by Crippen LogP contribution is -2.35. The molecule has 0 atom stereocenters. The summed E-state index contributed by atoms with van der Waals surface area (Å²) in [5, 5.41) is 15.8. The predicted octanol–water partition coefficient (Wildman–Crippen LogP) is 4.40. The van der Waals surface area contributed by atoms with Crippen molar-refractivity contribution in [2.75, 3.05) is 7.11 Å². The number of amidine groups is 2. The summed E-state index contributed by atoms with van der Waals surface area (Å²) in [6, 6.07) is 7.38. The van der Waals surface area contributed by atoms with Gasteiger partial charge < -0.3 is 9.30 Å². The van der Waals surface area contributed by atoms with E-state index in [1.165, 1.54) is 16.8 Å². The summed E-state index contributed by atoms with van der Waals surface area (Å²) in [7, 11) is 1.61. The molecule has 1 N–H and O–H groups in total. The second-order valence-corrected chi connectivity index (χ2v) is 8.21. The number of aromatic nitrogens is 1. The molecule has 1 aromatic carbocycles. The number of benzene rings is 1. The number of ether oxygens (including phenoxy) is 1. The SMILES string of the molecule is COc1ccc(Cl)cc1-n1c(C)cc(/C=C2\C(=N)N3N=C(C)SC3=NC2=O)c1C. The van der Waals surface area contributed by atoms with Gasteiger partial charge in [-0.2, -0.15) is 15.1 Å². The molecule has 0 fully saturated rings. The summed E-state index contributed by atoms with van der Waals surface area (Å²) in [5.74, 6) is 0.267. The minimum atomic E-state index is -0.441. The third kappa shape index (κ3) is 3.28. The van der Waals surface area contributed by atoms with E-state index < -0.39 is 5.91 Å². The second kappa shape index (κ2) is 7.20. The number of halogens is 1. The zero-order chi connectivity index (χ0) is 20.9. The van der Waals surface area contributed by atoms with Crippen LogP contribution in [0.3, 0.4) is 0 Å². The van der Waals surface area contributed by atoms with Gasteiger partial charge in [-0.15, -0.1) is 0 Å². The van der Waals surface area contributed by atoms with E-state index in [4.69, 9.17) is 21.7 Å². The van der Waals surface area contributed by atoms with Gasteiger partial charge in [-0.3, -0.25) is 10.2 Å². The topological polar surface area (TPSA) is 83.0 Å². The third-order valence-electron chi connectivity index (χ3n) is 4.71. The van der Waals surface area contributed by atoms with Crippen LogP contribution in [0.25, 0.3) is 11.8 Å². The van der Waals surface area contributed by atoms with Gasteiger partial charge in [0.05, 0.1) is 23.4 Å². The molecule has 0 spiro atoms. The molecule has 3 heterocycles. The van der Waals surface area contributed by atoms with Crippen molar-refractivity contribution in [2.24, 2.45) is 10.1 Å². The van der Waals surface area contributed by atoms with Crippen molar-refractivity contribution < 1.29 is 9.53 Å². The van der Waals surface area contributed by atoms with Gasteiger partial charge in [-0.05, 0) is 68.4 Å². The van der Waals surface area contributed by atoms with Crippen molar-refractivity contribution >= 4 is 51.4 Å². The van der Waals surface area contributed by atoms with Crippen LogP contribution in [0.4, 0.5) is 0 Å². The first-order chi connectivity index (χ1) is 13.8. The third-order valence-corrected chi connectivity index (χ3v) is 5.77. The molecule has 0 bridgehead atoms. The summed E-state index contributed by atoms with van der Waals surface area (Å²) in [6.45, 7) is 5.72. The average molecular weight is 428 g/mol. The largest absolute Gasteiger partial charge is 0.495 e. The van der Waals surface area contributed by atoms with Crippen molar-refractivity contribution in [1.82, 2.24) is 9.58 Å². The number of hydrogen-bond donors (Lipinski definition) is 1.